The van der Waals surface area contributed by atoms with E-state index in [1.807, 2.05) is 6.92 Å². The Morgan fingerprint density at radius 1 is 1.16 bits per heavy atom. The highest BCUT2D eigenvalue weighted by atomic mass is 16.6. The minimum atomic E-state index is -0.395. The van der Waals surface area contributed by atoms with Gasteiger partial charge >= 0.3 is 12.1 Å². The average Bonchev–Trinajstić information content (AvgIpc) is 2.62. The molecule has 1 saturated heterocycles. The summed E-state index contributed by atoms with van der Waals surface area (Å²) in [7, 11) is 0. The molecule has 1 aliphatic carbocycles. The molecule has 2 fully saturated rings. The number of nitrogens with one attached hydrogen (secondary N) is 3. The highest BCUT2D eigenvalue weighted by Crippen LogP contribution is 2.17. The molecule has 2 aliphatic rings. The van der Waals surface area contributed by atoms with Crippen LogP contribution < -0.4 is 15.5 Å². The van der Waals surface area contributed by atoms with E-state index in [2.05, 4.69) is 10.6 Å². The van der Waals surface area contributed by atoms with Crippen molar-refractivity contribution in [2.75, 3.05) is 32.8 Å². The molecule has 142 valence electrons. The van der Waals surface area contributed by atoms with E-state index in [1.54, 1.807) is 11.8 Å². The minimum absolute atomic E-state index is 0.178. The van der Waals surface area contributed by atoms with Crippen LogP contribution in [0.2, 0.25) is 0 Å². The summed E-state index contributed by atoms with van der Waals surface area (Å²) in [6.07, 6.45) is 5.15. The molecule has 8 nitrogen and oxygen atoms in total. The van der Waals surface area contributed by atoms with Gasteiger partial charge in [0.05, 0.1) is 32.8 Å². The molecular weight excluding hydrogens is 324 g/mol. The molecule has 0 aromatic carbocycles. The Balaban J connectivity index is 1.72. The lowest BCUT2D eigenvalue weighted by Crippen LogP contribution is -3.19. The summed E-state index contributed by atoms with van der Waals surface area (Å²) in [5.41, 5.74) is 0. The maximum Gasteiger partial charge on any atom is 0.410 e. The summed E-state index contributed by atoms with van der Waals surface area (Å²) in [6.45, 7) is 6.40. The first-order valence-corrected chi connectivity index (χ1v) is 9.39. The predicted molar refractivity (Wildman–Crippen MR) is 92.3 cm³/mol. The SMILES string of the molecule is CCOC(=O)N1CC[NH+]([C@@H](C)C(=O)NC(=O)NC2CCCCC2)CC1. The molecule has 0 radical (unpaired) electrons. The van der Waals surface area contributed by atoms with Crippen LogP contribution in [0.25, 0.3) is 0 Å². The maximum atomic E-state index is 12.3. The molecule has 0 aromatic rings. The number of rotatable bonds is 4. The van der Waals surface area contributed by atoms with Gasteiger partial charge < -0.3 is 15.0 Å². The highest BCUT2D eigenvalue weighted by Gasteiger charge is 2.32. The van der Waals surface area contributed by atoms with Gasteiger partial charge in [0.25, 0.3) is 5.91 Å². The number of piperazine rings is 1. The zero-order valence-corrected chi connectivity index (χ0v) is 15.3. The van der Waals surface area contributed by atoms with Crippen molar-refractivity contribution in [3.05, 3.63) is 0 Å². The summed E-state index contributed by atoms with van der Waals surface area (Å²) >= 11 is 0. The van der Waals surface area contributed by atoms with E-state index >= 15 is 0 Å². The number of urea groups is 1. The van der Waals surface area contributed by atoms with E-state index < -0.39 is 6.03 Å². The van der Waals surface area contributed by atoms with Crippen molar-refractivity contribution < 1.29 is 24.0 Å². The van der Waals surface area contributed by atoms with Crippen LogP contribution in [0.3, 0.4) is 0 Å². The van der Waals surface area contributed by atoms with E-state index in [0.717, 1.165) is 30.6 Å². The van der Waals surface area contributed by atoms with Crippen molar-refractivity contribution in [3.63, 3.8) is 0 Å². The maximum absolute atomic E-state index is 12.3. The van der Waals surface area contributed by atoms with E-state index in [-0.39, 0.29) is 24.1 Å². The van der Waals surface area contributed by atoms with Gasteiger partial charge in [0.2, 0.25) is 0 Å². The fraction of sp³-hybridized carbons (Fsp3) is 0.824. The molecule has 0 spiro atoms. The van der Waals surface area contributed by atoms with Crippen molar-refractivity contribution in [2.45, 2.75) is 58.0 Å². The second-order valence-electron chi connectivity index (χ2n) is 6.86. The summed E-state index contributed by atoms with van der Waals surface area (Å²) in [5, 5.41) is 5.36. The number of imide groups is 1. The minimum Gasteiger partial charge on any atom is -0.450 e. The largest absolute Gasteiger partial charge is 0.450 e. The van der Waals surface area contributed by atoms with Crippen LogP contribution in [0.5, 0.6) is 0 Å². The van der Waals surface area contributed by atoms with Crippen LogP contribution in [0.15, 0.2) is 0 Å². The number of quaternary nitrogens is 1. The lowest BCUT2D eigenvalue weighted by Gasteiger charge is -2.34. The topological polar surface area (TPSA) is 92.2 Å². The standard InChI is InChI=1S/C17H30N4O4/c1-3-25-17(24)21-11-9-20(10-12-21)13(2)15(22)19-16(23)18-14-7-5-4-6-8-14/h13-14H,3-12H2,1-2H3,(H2,18,19,22,23)/p+1/t13-/m0/s1. The number of ether oxygens (including phenoxy) is 1. The van der Waals surface area contributed by atoms with Gasteiger partial charge in [-0.1, -0.05) is 19.3 Å². The van der Waals surface area contributed by atoms with Gasteiger partial charge in [-0.2, -0.15) is 0 Å². The zero-order chi connectivity index (χ0) is 18.2. The molecule has 0 bridgehead atoms. The van der Waals surface area contributed by atoms with Crippen molar-refractivity contribution in [3.8, 4) is 0 Å². The first-order chi connectivity index (χ1) is 12.0. The number of nitrogens with zero attached hydrogens (tertiary/aromatic N) is 1. The normalized spacial score (nSPS) is 20.6. The molecule has 1 saturated carbocycles. The van der Waals surface area contributed by atoms with Gasteiger partial charge in [-0.15, -0.1) is 0 Å². The van der Waals surface area contributed by atoms with Crippen LogP contribution in [-0.2, 0) is 9.53 Å². The number of hydrogen-bond acceptors (Lipinski definition) is 4. The second kappa shape index (κ2) is 9.60. The number of carbonyl (C=O) groups is 3. The fourth-order valence-corrected chi connectivity index (χ4v) is 3.50. The molecule has 3 N–H and O–H groups in total. The summed E-state index contributed by atoms with van der Waals surface area (Å²) < 4.78 is 4.99. The van der Waals surface area contributed by atoms with Gasteiger partial charge in [-0.05, 0) is 26.7 Å². The Morgan fingerprint density at radius 3 is 2.40 bits per heavy atom. The van der Waals surface area contributed by atoms with Gasteiger partial charge in [0, 0.05) is 6.04 Å². The monoisotopic (exact) mass is 355 g/mol. The summed E-state index contributed by atoms with van der Waals surface area (Å²) in [5.74, 6) is -0.270. The molecule has 1 aliphatic heterocycles. The first kappa shape index (κ1) is 19.5. The Kier molecular flexibility index (Phi) is 7.49. The van der Waals surface area contributed by atoms with E-state index in [1.165, 1.54) is 6.42 Å². The molecule has 1 atom stereocenters. The zero-order valence-electron chi connectivity index (χ0n) is 15.3. The lowest BCUT2D eigenvalue weighted by atomic mass is 9.96. The van der Waals surface area contributed by atoms with Crippen LogP contribution in [0.1, 0.15) is 46.0 Å². The Morgan fingerprint density at radius 2 is 1.80 bits per heavy atom. The molecule has 2 rings (SSSR count). The number of carbonyl (C=O) groups excluding carboxylic acids is 3. The first-order valence-electron chi connectivity index (χ1n) is 9.39. The highest BCUT2D eigenvalue weighted by molar-refractivity contribution is 5.96. The molecule has 8 heteroatoms. The van der Waals surface area contributed by atoms with E-state index in [0.29, 0.717) is 32.8 Å². The Bertz CT molecular complexity index is 471. The fourth-order valence-electron chi connectivity index (χ4n) is 3.50. The van der Waals surface area contributed by atoms with Gasteiger partial charge in [0.1, 0.15) is 0 Å². The van der Waals surface area contributed by atoms with Crippen molar-refractivity contribution in [1.82, 2.24) is 15.5 Å². The van der Waals surface area contributed by atoms with Gasteiger partial charge in [-0.25, -0.2) is 9.59 Å². The molecular formula is C17H31N4O4+. The second-order valence-corrected chi connectivity index (χ2v) is 6.86. The lowest BCUT2D eigenvalue weighted by molar-refractivity contribution is -0.917. The summed E-state index contributed by atoms with van der Waals surface area (Å²) in [6, 6.07) is -0.549. The number of hydrogen-bond donors (Lipinski definition) is 3. The molecule has 0 aromatic heterocycles. The molecule has 0 unspecified atom stereocenters. The summed E-state index contributed by atoms with van der Waals surface area (Å²) in [4.78, 5) is 38.8. The van der Waals surface area contributed by atoms with Crippen LogP contribution in [0, 0.1) is 0 Å². The Hall–Kier alpha value is -1.83. The molecule has 25 heavy (non-hydrogen) atoms. The third-order valence-electron chi connectivity index (χ3n) is 5.11. The van der Waals surface area contributed by atoms with Gasteiger partial charge in [-0.3, -0.25) is 15.0 Å². The average molecular weight is 355 g/mol. The Labute approximate surface area is 149 Å². The smallest absolute Gasteiger partial charge is 0.410 e. The van der Waals surface area contributed by atoms with E-state index in [9.17, 15) is 14.4 Å². The van der Waals surface area contributed by atoms with E-state index in [4.69, 9.17) is 4.74 Å². The quantitative estimate of drug-likeness (QED) is 0.656. The van der Waals surface area contributed by atoms with Crippen molar-refractivity contribution in [1.29, 1.82) is 0 Å². The van der Waals surface area contributed by atoms with Crippen LogP contribution in [0.4, 0.5) is 9.59 Å². The third-order valence-corrected chi connectivity index (χ3v) is 5.11. The van der Waals surface area contributed by atoms with Crippen molar-refractivity contribution in [2.24, 2.45) is 0 Å². The van der Waals surface area contributed by atoms with Gasteiger partial charge in [0.15, 0.2) is 6.04 Å². The molecule has 1 heterocycles. The van der Waals surface area contributed by atoms with Crippen LogP contribution in [-0.4, -0.2) is 67.8 Å². The van der Waals surface area contributed by atoms with Crippen molar-refractivity contribution >= 4 is 18.0 Å². The number of amides is 4. The third kappa shape index (κ3) is 5.88. The van der Waals surface area contributed by atoms with Crippen LogP contribution >= 0.6 is 0 Å². The molecule has 4 amide bonds. The predicted octanol–water partition coefficient (Wildman–Crippen LogP) is -0.110.